The van der Waals surface area contributed by atoms with Crippen molar-refractivity contribution >= 4 is 22.8 Å². The molecule has 2 aliphatic heterocycles. The van der Waals surface area contributed by atoms with Crippen molar-refractivity contribution in [3.8, 4) is 5.88 Å². The van der Waals surface area contributed by atoms with Gasteiger partial charge in [-0.3, -0.25) is 4.79 Å². The maximum Gasteiger partial charge on any atom is 0.410 e. The molecule has 1 aromatic heterocycles. The fourth-order valence-electron chi connectivity index (χ4n) is 5.30. The molecule has 2 atom stereocenters. The molecule has 6 heteroatoms. The number of Topliss-reactive ketones (excluding diaryl/α,β-unsaturated/α-hetero) is 1. The highest BCUT2D eigenvalue weighted by atomic mass is 16.6. The lowest BCUT2D eigenvalue weighted by Gasteiger charge is -2.47. The van der Waals surface area contributed by atoms with Crippen LogP contribution in [0.4, 0.5) is 4.79 Å². The van der Waals surface area contributed by atoms with Crippen molar-refractivity contribution in [2.75, 3.05) is 7.11 Å². The predicted molar refractivity (Wildman–Crippen MR) is 125 cm³/mol. The van der Waals surface area contributed by atoms with E-state index in [-0.39, 0.29) is 36.5 Å². The number of hydrogen-bond acceptors (Lipinski definition) is 5. The molecule has 2 aliphatic rings. The highest BCUT2D eigenvalue weighted by Crippen LogP contribution is 2.39. The summed E-state index contributed by atoms with van der Waals surface area (Å²) in [6, 6.07) is 19.2. The molecule has 1 amide bonds. The third kappa shape index (κ3) is 4.42. The van der Waals surface area contributed by atoms with Gasteiger partial charge in [0.1, 0.15) is 6.61 Å². The smallest absolute Gasteiger partial charge is 0.410 e. The second kappa shape index (κ2) is 9.22. The van der Waals surface area contributed by atoms with E-state index in [1.54, 1.807) is 13.2 Å². The Morgan fingerprint density at radius 1 is 1.00 bits per heavy atom. The van der Waals surface area contributed by atoms with Crippen molar-refractivity contribution in [3.63, 3.8) is 0 Å². The van der Waals surface area contributed by atoms with Crippen LogP contribution in [-0.4, -0.2) is 41.0 Å². The summed E-state index contributed by atoms with van der Waals surface area (Å²) in [5, 5.41) is 0.920. The van der Waals surface area contributed by atoms with E-state index >= 15 is 0 Å². The molecule has 0 spiro atoms. The number of rotatable bonds is 5. The largest absolute Gasteiger partial charge is 0.481 e. The topological polar surface area (TPSA) is 68.7 Å². The second-order valence-corrected chi connectivity index (χ2v) is 8.98. The van der Waals surface area contributed by atoms with Crippen LogP contribution in [-0.2, 0) is 11.3 Å². The number of ether oxygens (including phenoxy) is 2. The van der Waals surface area contributed by atoms with Gasteiger partial charge in [0.15, 0.2) is 5.78 Å². The minimum Gasteiger partial charge on any atom is -0.481 e. The molecule has 33 heavy (non-hydrogen) atoms. The Kier molecular flexibility index (Phi) is 5.99. The quantitative estimate of drug-likeness (QED) is 0.493. The van der Waals surface area contributed by atoms with E-state index in [2.05, 4.69) is 4.98 Å². The standard InChI is InChI=1S/C27H28N2O4/c1-32-25-13-11-19-14-20(10-12-24(19)28-25)26(30)21-15-22-8-5-9-23(16-21)29(22)27(31)33-17-18-6-3-2-4-7-18/h2-4,6-7,10-14,21-23H,5,8-9,15-17H2,1H3. The highest BCUT2D eigenvalue weighted by Gasteiger charge is 2.43. The number of methoxy groups -OCH3 is 1. The summed E-state index contributed by atoms with van der Waals surface area (Å²) < 4.78 is 10.8. The average molecular weight is 445 g/mol. The Bertz CT molecular complexity index is 1150. The predicted octanol–water partition coefficient (Wildman–Crippen LogP) is 5.40. The minimum atomic E-state index is -0.259. The van der Waals surface area contributed by atoms with Crippen LogP contribution >= 0.6 is 0 Å². The molecule has 2 fully saturated rings. The molecule has 2 bridgehead atoms. The summed E-state index contributed by atoms with van der Waals surface area (Å²) >= 11 is 0. The number of pyridine rings is 1. The number of hydrogen-bond donors (Lipinski definition) is 0. The minimum absolute atomic E-state index is 0.0566. The summed E-state index contributed by atoms with van der Waals surface area (Å²) in [6.45, 7) is 0.272. The summed E-state index contributed by atoms with van der Waals surface area (Å²) in [4.78, 5) is 32.7. The molecule has 0 saturated carbocycles. The van der Waals surface area contributed by atoms with Crippen molar-refractivity contribution in [2.24, 2.45) is 5.92 Å². The van der Waals surface area contributed by atoms with Crippen LogP contribution in [0.15, 0.2) is 60.7 Å². The fraction of sp³-hybridized carbons (Fsp3) is 0.370. The number of nitrogens with zero attached hydrogens (tertiary/aromatic N) is 2. The van der Waals surface area contributed by atoms with Crippen molar-refractivity contribution in [1.82, 2.24) is 9.88 Å². The molecule has 170 valence electrons. The molecule has 2 aromatic carbocycles. The van der Waals surface area contributed by atoms with Gasteiger partial charge in [0.05, 0.1) is 12.6 Å². The lowest BCUT2D eigenvalue weighted by molar-refractivity contribution is 0.00473. The van der Waals surface area contributed by atoms with E-state index in [1.807, 2.05) is 59.5 Å². The Morgan fingerprint density at radius 2 is 1.76 bits per heavy atom. The number of benzene rings is 2. The summed E-state index contributed by atoms with van der Waals surface area (Å²) in [6.07, 6.45) is 4.04. The number of carbonyl (C=O) groups is 2. The number of piperidine rings is 2. The average Bonchev–Trinajstić information content (AvgIpc) is 2.86. The van der Waals surface area contributed by atoms with Crippen molar-refractivity contribution in [2.45, 2.75) is 50.8 Å². The molecule has 3 aromatic rings. The van der Waals surface area contributed by atoms with Gasteiger partial charge in [0.25, 0.3) is 0 Å². The van der Waals surface area contributed by atoms with Crippen LogP contribution in [0.2, 0.25) is 0 Å². The lowest BCUT2D eigenvalue weighted by Crippen LogP contribution is -2.55. The van der Waals surface area contributed by atoms with Gasteiger partial charge < -0.3 is 14.4 Å². The zero-order valence-electron chi connectivity index (χ0n) is 18.8. The third-order valence-electron chi connectivity index (χ3n) is 6.92. The number of amides is 1. The molecule has 0 aliphatic carbocycles. The SMILES string of the molecule is COc1ccc2cc(C(=O)C3CC4CCCC(C3)N4C(=O)OCc3ccccc3)ccc2n1. The first kappa shape index (κ1) is 21.4. The van der Waals surface area contributed by atoms with Crippen LogP contribution in [0.3, 0.4) is 0 Å². The van der Waals surface area contributed by atoms with Gasteiger partial charge in [-0.2, -0.15) is 0 Å². The number of carbonyl (C=O) groups excluding carboxylic acids is 2. The van der Waals surface area contributed by atoms with Gasteiger partial charge >= 0.3 is 6.09 Å². The second-order valence-electron chi connectivity index (χ2n) is 8.98. The van der Waals surface area contributed by atoms with E-state index < -0.39 is 0 Å². The first-order chi connectivity index (χ1) is 16.1. The Labute approximate surface area is 193 Å². The van der Waals surface area contributed by atoms with Crippen molar-refractivity contribution in [1.29, 1.82) is 0 Å². The van der Waals surface area contributed by atoms with Gasteiger partial charge in [-0.05, 0) is 61.9 Å². The van der Waals surface area contributed by atoms with Crippen molar-refractivity contribution in [3.05, 3.63) is 71.8 Å². The first-order valence-electron chi connectivity index (χ1n) is 11.6. The first-order valence-corrected chi connectivity index (χ1v) is 11.6. The lowest BCUT2D eigenvalue weighted by atomic mass is 9.76. The third-order valence-corrected chi connectivity index (χ3v) is 6.92. The van der Waals surface area contributed by atoms with Gasteiger partial charge in [-0.15, -0.1) is 0 Å². The van der Waals surface area contributed by atoms with E-state index in [9.17, 15) is 9.59 Å². The summed E-state index contributed by atoms with van der Waals surface area (Å²) in [5.41, 5.74) is 2.49. The number of aromatic nitrogens is 1. The number of ketones is 1. The molecule has 0 radical (unpaired) electrons. The molecular formula is C27H28N2O4. The van der Waals surface area contributed by atoms with Crippen LogP contribution in [0.25, 0.3) is 10.9 Å². The zero-order valence-corrected chi connectivity index (χ0v) is 18.8. The zero-order chi connectivity index (χ0) is 22.8. The van der Waals surface area contributed by atoms with Crippen molar-refractivity contribution < 1.29 is 19.1 Å². The van der Waals surface area contributed by atoms with Gasteiger partial charge in [-0.1, -0.05) is 30.3 Å². The summed E-state index contributed by atoms with van der Waals surface area (Å²) in [5.74, 6) is 0.630. The van der Waals surface area contributed by atoms with Gasteiger partial charge in [-0.25, -0.2) is 9.78 Å². The van der Waals surface area contributed by atoms with E-state index in [0.29, 0.717) is 24.3 Å². The highest BCUT2D eigenvalue weighted by molar-refractivity contribution is 6.01. The fourth-order valence-corrected chi connectivity index (χ4v) is 5.30. The number of fused-ring (bicyclic) bond motifs is 3. The molecule has 5 rings (SSSR count). The van der Waals surface area contributed by atoms with Gasteiger partial charge in [0, 0.05) is 35.0 Å². The van der Waals surface area contributed by atoms with Gasteiger partial charge in [0.2, 0.25) is 5.88 Å². The van der Waals surface area contributed by atoms with Crippen LogP contribution < -0.4 is 4.74 Å². The molecule has 0 N–H and O–H groups in total. The summed E-state index contributed by atoms with van der Waals surface area (Å²) in [7, 11) is 1.59. The molecule has 2 unspecified atom stereocenters. The maximum atomic E-state index is 13.4. The normalized spacial score (nSPS) is 22.1. The molecular weight excluding hydrogens is 416 g/mol. The van der Waals surface area contributed by atoms with E-state index in [0.717, 1.165) is 35.7 Å². The maximum absolute atomic E-state index is 13.4. The van der Waals surface area contributed by atoms with Crippen LogP contribution in [0.1, 0.15) is 48.0 Å². The van der Waals surface area contributed by atoms with Crippen LogP contribution in [0.5, 0.6) is 5.88 Å². The molecule has 6 nitrogen and oxygen atoms in total. The van der Waals surface area contributed by atoms with E-state index in [1.165, 1.54) is 0 Å². The van der Waals surface area contributed by atoms with Crippen LogP contribution in [0, 0.1) is 5.92 Å². The Hall–Kier alpha value is -3.41. The monoisotopic (exact) mass is 444 g/mol. The van der Waals surface area contributed by atoms with E-state index in [4.69, 9.17) is 9.47 Å². The molecule has 3 heterocycles. The molecule has 2 saturated heterocycles. The Morgan fingerprint density at radius 3 is 2.48 bits per heavy atom. The Balaban J connectivity index is 1.28.